The van der Waals surface area contributed by atoms with Crippen molar-refractivity contribution in [1.82, 2.24) is 0 Å². The molecule has 0 heterocycles. The quantitative estimate of drug-likeness (QED) is 0.543. The molecule has 0 amide bonds. The monoisotopic (exact) mass is 215 g/mol. The van der Waals surface area contributed by atoms with Crippen LogP contribution in [0.25, 0.3) is 0 Å². The normalized spacial score (nSPS) is 12.2. The van der Waals surface area contributed by atoms with Gasteiger partial charge in [-0.2, -0.15) is 0 Å². The highest BCUT2D eigenvalue weighted by Crippen LogP contribution is 2.12. The Kier molecular flexibility index (Phi) is 4.26. The molecule has 70 valence electrons. The Labute approximate surface area is 88.4 Å². The number of rotatable bonds is 3. The smallest absolute Gasteiger partial charge is 0.149 e. The molecular formula is C10H11Cl2N. The fourth-order valence-corrected chi connectivity index (χ4v) is 1.46. The molecule has 0 aliphatic rings. The highest BCUT2D eigenvalue weighted by Gasteiger charge is 2.10. The summed E-state index contributed by atoms with van der Waals surface area (Å²) in [5.41, 5.74) is 1.73. The fraction of sp³-hybridized carbons (Fsp3) is 0.300. The van der Waals surface area contributed by atoms with E-state index in [4.69, 9.17) is 23.2 Å². The molecule has 0 fully saturated rings. The van der Waals surface area contributed by atoms with Crippen molar-refractivity contribution in [3.05, 3.63) is 35.9 Å². The minimum Gasteiger partial charge on any atom is -0.287 e. The first-order valence-corrected chi connectivity index (χ1v) is 5.01. The van der Waals surface area contributed by atoms with Crippen LogP contribution in [0.2, 0.25) is 0 Å². The van der Waals surface area contributed by atoms with Gasteiger partial charge in [0.25, 0.3) is 0 Å². The van der Waals surface area contributed by atoms with E-state index in [-0.39, 0.29) is 0 Å². The van der Waals surface area contributed by atoms with Gasteiger partial charge in [0, 0.05) is 6.54 Å². The van der Waals surface area contributed by atoms with Crippen LogP contribution in [-0.2, 0) is 0 Å². The molecular weight excluding hydrogens is 205 g/mol. The zero-order valence-electron chi connectivity index (χ0n) is 7.37. The average molecular weight is 216 g/mol. The van der Waals surface area contributed by atoms with Crippen molar-refractivity contribution in [2.75, 3.05) is 6.54 Å². The number of halogens is 2. The minimum absolute atomic E-state index is 0.553. The summed E-state index contributed by atoms with van der Waals surface area (Å²) in [6.07, 6.45) is 0. The number of hydrogen-bond donors (Lipinski definition) is 0. The van der Waals surface area contributed by atoms with Gasteiger partial charge in [-0.3, -0.25) is 4.99 Å². The Balaban J connectivity index is 2.96. The van der Waals surface area contributed by atoms with Crippen LogP contribution in [0.15, 0.2) is 35.3 Å². The molecule has 0 atom stereocenters. The Bertz CT molecular complexity index is 280. The first-order chi connectivity index (χ1) is 6.25. The van der Waals surface area contributed by atoms with Crippen LogP contribution in [0.5, 0.6) is 0 Å². The van der Waals surface area contributed by atoms with E-state index < -0.39 is 4.84 Å². The lowest BCUT2D eigenvalue weighted by Crippen LogP contribution is -2.10. The third-order valence-electron chi connectivity index (χ3n) is 1.60. The molecule has 0 saturated carbocycles. The Morgan fingerprint density at radius 1 is 1.31 bits per heavy atom. The summed E-state index contributed by atoms with van der Waals surface area (Å²) in [7, 11) is 0. The van der Waals surface area contributed by atoms with E-state index in [1.165, 1.54) is 0 Å². The summed E-state index contributed by atoms with van der Waals surface area (Å²) in [6, 6.07) is 9.73. The number of alkyl halides is 2. The van der Waals surface area contributed by atoms with E-state index in [2.05, 4.69) is 4.99 Å². The molecule has 0 aromatic heterocycles. The minimum atomic E-state index is -0.553. The number of nitrogens with zero attached hydrogens (tertiary/aromatic N) is 1. The van der Waals surface area contributed by atoms with Crippen LogP contribution in [0.3, 0.4) is 0 Å². The standard InChI is InChI=1S/C10H11Cl2N/c1-2-13-9(10(11)12)8-6-4-3-5-7-8/h3-7,10H,2H2,1H3/b13-9-. The van der Waals surface area contributed by atoms with Crippen LogP contribution in [0.1, 0.15) is 12.5 Å². The SMILES string of the molecule is CC/N=C(/c1ccccc1)C(Cl)Cl. The van der Waals surface area contributed by atoms with Gasteiger partial charge in [0.2, 0.25) is 0 Å². The number of benzene rings is 1. The van der Waals surface area contributed by atoms with E-state index in [9.17, 15) is 0 Å². The predicted molar refractivity (Wildman–Crippen MR) is 59.0 cm³/mol. The zero-order chi connectivity index (χ0) is 9.68. The van der Waals surface area contributed by atoms with E-state index in [0.717, 1.165) is 11.3 Å². The van der Waals surface area contributed by atoms with Gasteiger partial charge in [0.15, 0.2) is 0 Å². The molecule has 0 N–H and O–H groups in total. The molecule has 0 unspecified atom stereocenters. The maximum absolute atomic E-state index is 5.79. The predicted octanol–water partition coefficient (Wildman–Crippen LogP) is 3.30. The molecule has 0 aliphatic carbocycles. The summed E-state index contributed by atoms with van der Waals surface area (Å²) in [6.45, 7) is 2.65. The van der Waals surface area contributed by atoms with Crippen molar-refractivity contribution in [2.24, 2.45) is 4.99 Å². The Morgan fingerprint density at radius 3 is 2.38 bits per heavy atom. The number of aliphatic imine (C=N–C) groups is 1. The lowest BCUT2D eigenvalue weighted by Gasteiger charge is -2.06. The van der Waals surface area contributed by atoms with Gasteiger partial charge in [-0.25, -0.2) is 0 Å². The molecule has 1 aromatic carbocycles. The molecule has 1 nitrogen and oxygen atoms in total. The largest absolute Gasteiger partial charge is 0.287 e. The molecule has 1 aromatic rings. The van der Waals surface area contributed by atoms with E-state index >= 15 is 0 Å². The van der Waals surface area contributed by atoms with Crippen LogP contribution >= 0.6 is 23.2 Å². The zero-order valence-corrected chi connectivity index (χ0v) is 8.89. The van der Waals surface area contributed by atoms with Gasteiger partial charge >= 0.3 is 0 Å². The highest BCUT2D eigenvalue weighted by molar-refractivity contribution is 6.56. The molecule has 0 aliphatic heterocycles. The number of hydrogen-bond acceptors (Lipinski definition) is 1. The summed E-state index contributed by atoms with van der Waals surface area (Å²) in [5.74, 6) is 0. The van der Waals surface area contributed by atoms with Gasteiger partial charge in [0.1, 0.15) is 4.84 Å². The topological polar surface area (TPSA) is 12.4 Å². The fourth-order valence-electron chi connectivity index (χ4n) is 1.07. The van der Waals surface area contributed by atoms with Crippen molar-refractivity contribution in [1.29, 1.82) is 0 Å². The van der Waals surface area contributed by atoms with Crippen molar-refractivity contribution >= 4 is 28.9 Å². The van der Waals surface area contributed by atoms with E-state index in [0.29, 0.717) is 6.54 Å². The molecule has 1 rings (SSSR count). The summed E-state index contributed by atoms with van der Waals surface area (Å²) in [4.78, 5) is 3.69. The second-order valence-electron chi connectivity index (χ2n) is 2.53. The highest BCUT2D eigenvalue weighted by atomic mass is 35.5. The molecule has 13 heavy (non-hydrogen) atoms. The summed E-state index contributed by atoms with van der Waals surface area (Å²) < 4.78 is 0. The van der Waals surface area contributed by atoms with Gasteiger partial charge in [-0.15, -0.1) is 0 Å². The second kappa shape index (κ2) is 5.25. The molecule has 0 spiro atoms. The van der Waals surface area contributed by atoms with Crippen LogP contribution in [0.4, 0.5) is 0 Å². The maximum atomic E-state index is 5.79. The van der Waals surface area contributed by atoms with Crippen molar-refractivity contribution in [3.63, 3.8) is 0 Å². The van der Waals surface area contributed by atoms with Crippen molar-refractivity contribution in [2.45, 2.75) is 11.8 Å². The van der Waals surface area contributed by atoms with E-state index in [1.807, 2.05) is 37.3 Å². The van der Waals surface area contributed by atoms with Crippen molar-refractivity contribution in [3.8, 4) is 0 Å². The summed E-state index contributed by atoms with van der Waals surface area (Å²) in [5, 5.41) is 0. The van der Waals surface area contributed by atoms with E-state index in [1.54, 1.807) is 0 Å². The lowest BCUT2D eigenvalue weighted by molar-refractivity contribution is 1.12. The molecule has 0 radical (unpaired) electrons. The average Bonchev–Trinajstić information content (AvgIpc) is 2.15. The van der Waals surface area contributed by atoms with Gasteiger partial charge in [-0.05, 0) is 12.5 Å². The molecule has 0 saturated heterocycles. The van der Waals surface area contributed by atoms with Crippen LogP contribution in [-0.4, -0.2) is 17.1 Å². The van der Waals surface area contributed by atoms with Gasteiger partial charge < -0.3 is 0 Å². The second-order valence-corrected chi connectivity index (χ2v) is 3.62. The third-order valence-corrected chi connectivity index (χ3v) is 2.02. The van der Waals surface area contributed by atoms with Crippen LogP contribution in [0, 0.1) is 0 Å². The summed E-state index contributed by atoms with van der Waals surface area (Å²) >= 11 is 11.6. The van der Waals surface area contributed by atoms with Crippen LogP contribution < -0.4 is 0 Å². The third kappa shape index (κ3) is 3.02. The first kappa shape index (κ1) is 10.6. The maximum Gasteiger partial charge on any atom is 0.149 e. The Morgan fingerprint density at radius 2 is 1.92 bits per heavy atom. The van der Waals surface area contributed by atoms with Crippen molar-refractivity contribution < 1.29 is 0 Å². The molecule has 3 heteroatoms. The van der Waals surface area contributed by atoms with Gasteiger partial charge in [0.05, 0.1) is 5.71 Å². The lowest BCUT2D eigenvalue weighted by atomic mass is 10.1. The molecule has 0 bridgehead atoms. The van der Waals surface area contributed by atoms with Gasteiger partial charge in [-0.1, -0.05) is 53.5 Å². The first-order valence-electron chi connectivity index (χ1n) is 4.13. The Hall–Kier alpha value is -0.530.